The van der Waals surface area contributed by atoms with Crippen LogP contribution in [0.5, 0.6) is 0 Å². The van der Waals surface area contributed by atoms with Crippen LogP contribution in [0.25, 0.3) is 11.4 Å². The smallest absolute Gasteiger partial charge is 0.339 e. The molecule has 0 amide bonds. The third-order valence-corrected chi connectivity index (χ3v) is 3.07. The molecule has 6 heteroatoms. The minimum Gasteiger partial charge on any atom is -0.478 e. The van der Waals surface area contributed by atoms with E-state index in [0.717, 1.165) is 0 Å². The maximum atomic E-state index is 13.2. The lowest BCUT2D eigenvalue weighted by Gasteiger charge is -2.05. The highest BCUT2D eigenvalue weighted by Crippen LogP contribution is 2.26. The zero-order valence-electron chi connectivity index (χ0n) is 9.32. The summed E-state index contributed by atoms with van der Waals surface area (Å²) >= 11 is 3.28. The van der Waals surface area contributed by atoms with E-state index in [-0.39, 0.29) is 11.4 Å². The zero-order chi connectivity index (χ0) is 13.3. The van der Waals surface area contributed by atoms with Crippen molar-refractivity contribution in [2.24, 2.45) is 0 Å². The van der Waals surface area contributed by atoms with Gasteiger partial charge in [-0.05, 0) is 25.1 Å². The Balaban J connectivity index is 2.55. The third-order valence-electron chi connectivity index (χ3n) is 2.38. The number of halogens is 2. The number of rotatable bonds is 2. The van der Waals surface area contributed by atoms with Gasteiger partial charge in [0.1, 0.15) is 5.82 Å². The van der Waals surface area contributed by atoms with Crippen LogP contribution < -0.4 is 0 Å². The van der Waals surface area contributed by atoms with Crippen LogP contribution in [0, 0.1) is 12.7 Å². The first-order valence-electron chi connectivity index (χ1n) is 5.01. The molecule has 0 aliphatic heterocycles. The molecule has 0 bridgehead atoms. The van der Waals surface area contributed by atoms with Crippen LogP contribution in [-0.4, -0.2) is 21.0 Å². The predicted molar refractivity (Wildman–Crippen MR) is 66.8 cm³/mol. The van der Waals surface area contributed by atoms with E-state index in [4.69, 9.17) is 5.11 Å². The summed E-state index contributed by atoms with van der Waals surface area (Å²) in [6.07, 6.45) is 1.22. The molecule has 0 spiro atoms. The first kappa shape index (κ1) is 12.6. The highest BCUT2D eigenvalue weighted by molar-refractivity contribution is 9.10. The molecule has 0 fully saturated rings. The van der Waals surface area contributed by atoms with Crippen molar-refractivity contribution in [2.75, 3.05) is 0 Å². The highest BCUT2D eigenvalue weighted by atomic mass is 79.9. The van der Waals surface area contributed by atoms with Gasteiger partial charge < -0.3 is 5.11 Å². The van der Waals surface area contributed by atoms with Crippen LogP contribution in [-0.2, 0) is 0 Å². The molecule has 1 heterocycles. The van der Waals surface area contributed by atoms with Crippen molar-refractivity contribution in [1.29, 1.82) is 0 Å². The quantitative estimate of drug-likeness (QED) is 0.926. The van der Waals surface area contributed by atoms with Crippen molar-refractivity contribution in [1.82, 2.24) is 9.97 Å². The molecule has 1 aromatic carbocycles. The molecule has 18 heavy (non-hydrogen) atoms. The molecular formula is C12H8BrFN2O2. The topological polar surface area (TPSA) is 63.1 Å². The van der Waals surface area contributed by atoms with Crippen LogP contribution in [0.4, 0.5) is 4.39 Å². The molecule has 4 nitrogen and oxygen atoms in total. The van der Waals surface area contributed by atoms with Gasteiger partial charge in [-0.2, -0.15) is 0 Å². The molecule has 0 radical (unpaired) electrons. The standard InChI is InChI=1S/C12H8BrFN2O2/c1-6-9(12(17)18)5-15-11(16-6)8-4-7(14)2-3-10(8)13/h2-5H,1H3,(H,17,18). The SMILES string of the molecule is Cc1nc(-c2cc(F)ccc2Br)ncc1C(=O)O. The number of benzene rings is 1. The van der Waals surface area contributed by atoms with Gasteiger partial charge in [-0.25, -0.2) is 19.2 Å². The summed E-state index contributed by atoms with van der Waals surface area (Å²) < 4.78 is 13.8. The van der Waals surface area contributed by atoms with Crippen LogP contribution in [0.1, 0.15) is 16.1 Å². The van der Waals surface area contributed by atoms with Gasteiger partial charge in [0.25, 0.3) is 0 Å². The second-order valence-corrected chi connectivity index (χ2v) is 4.48. The second-order valence-electron chi connectivity index (χ2n) is 3.62. The van der Waals surface area contributed by atoms with Gasteiger partial charge >= 0.3 is 5.97 Å². The van der Waals surface area contributed by atoms with E-state index >= 15 is 0 Å². The molecule has 0 aliphatic carbocycles. The van der Waals surface area contributed by atoms with E-state index in [1.54, 1.807) is 13.0 Å². The first-order valence-corrected chi connectivity index (χ1v) is 5.80. The largest absolute Gasteiger partial charge is 0.478 e. The van der Waals surface area contributed by atoms with E-state index in [9.17, 15) is 9.18 Å². The molecule has 2 rings (SSSR count). The Kier molecular flexibility index (Phi) is 3.38. The summed E-state index contributed by atoms with van der Waals surface area (Å²) in [4.78, 5) is 18.9. The van der Waals surface area contributed by atoms with Crippen molar-refractivity contribution in [3.8, 4) is 11.4 Å². The fourth-order valence-electron chi connectivity index (χ4n) is 1.48. The fraction of sp³-hybridized carbons (Fsp3) is 0.0833. The lowest BCUT2D eigenvalue weighted by molar-refractivity contribution is 0.0695. The van der Waals surface area contributed by atoms with E-state index in [0.29, 0.717) is 15.7 Å². The van der Waals surface area contributed by atoms with Gasteiger partial charge in [0.15, 0.2) is 5.82 Å². The maximum absolute atomic E-state index is 13.2. The average Bonchev–Trinajstić information content (AvgIpc) is 2.31. The number of carboxylic acid groups (broad SMARTS) is 1. The molecule has 0 saturated carbocycles. The zero-order valence-corrected chi connectivity index (χ0v) is 10.9. The number of carbonyl (C=O) groups is 1. The molecule has 1 aromatic heterocycles. The van der Waals surface area contributed by atoms with Crippen molar-refractivity contribution in [2.45, 2.75) is 6.92 Å². The van der Waals surface area contributed by atoms with Gasteiger partial charge in [0.05, 0.1) is 11.3 Å². The third kappa shape index (κ3) is 2.38. The monoisotopic (exact) mass is 310 g/mol. The molecule has 0 unspecified atom stereocenters. The van der Waals surface area contributed by atoms with E-state index in [1.807, 2.05) is 0 Å². The summed E-state index contributed by atoms with van der Waals surface area (Å²) in [7, 11) is 0. The van der Waals surface area contributed by atoms with Crippen molar-refractivity contribution >= 4 is 21.9 Å². The molecular weight excluding hydrogens is 303 g/mol. The van der Waals surface area contributed by atoms with Gasteiger partial charge in [-0.1, -0.05) is 15.9 Å². The molecule has 0 atom stereocenters. The Morgan fingerprint density at radius 2 is 2.17 bits per heavy atom. The lowest BCUT2D eigenvalue weighted by atomic mass is 10.2. The van der Waals surface area contributed by atoms with Gasteiger partial charge in [-0.3, -0.25) is 0 Å². The van der Waals surface area contributed by atoms with Crippen LogP contribution in [0.2, 0.25) is 0 Å². The Bertz CT molecular complexity index is 631. The van der Waals surface area contributed by atoms with Crippen LogP contribution in [0.15, 0.2) is 28.9 Å². The lowest BCUT2D eigenvalue weighted by Crippen LogP contribution is -2.04. The minimum atomic E-state index is -1.09. The van der Waals surface area contributed by atoms with Gasteiger partial charge in [-0.15, -0.1) is 0 Å². The summed E-state index contributed by atoms with van der Waals surface area (Å²) in [6, 6.07) is 4.15. The molecule has 0 saturated heterocycles. The normalized spacial score (nSPS) is 10.4. The number of aromatic nitrogens is 2. The minimum absolute atomic E-state index is 0.0336. The maximum Gasteiger partial charge on any atom is 0.339 e. The number of carboxylic acids is 1. The molecule has 92 valence electrons. The Morgan fingerprint density at radius 1 is 1.44 bits per heavy atom. The van der Waals surface area contributed by atoms with Crippen LogP contribution in [0.3, 0.4) is 0 Å². The summed E-state index contributed by atoms with van der Waals surface area (Å²) in [5, 5.41) is 8.88. The van der Waals surface area contributed by atoms with Gasteiger partial charge in [0, 0.05) is 16.2 Å². The predicted octanol–water partition coefficient (Wildman–Crippen LogP) is 3.05. The number of aryl methyl sites for hydroxylation is 1. The fourth-order valence-corrected chi connectivity index (χ4v) is 1.90. The van der Waals surface area contributed by atoms with Crippen molar-refractivity contribution in [3.05, 3.63) is 45.9 Å². The molecule has 1 N–H and O–H groups in total. The average molecular weight is 311 g/mol. The number of hydrogen-bond donors (Lipinski definition) is 1. The highest BCUT2D eigenvalue weighted by Gasteiger charge is 2.13. The number of aromatic carboxylic acids is 1. The summed E-state index contributed by atoms with van der Waals surface area (Å²) in [5.41, 5.74) is 0.852. The second kappa shape index (κ2) is 4.81. The first-order chi connectivity index (χ1) is 8.49. The molecule has 0 aliphatic rings. The number of nitrogens with zero attached hydrogens (tertiary/aromatic N) is 2. The van der Waals surface area contributed by atoms with E-state index in [1.165, 1.54) is 18.3 Å². The summed E-state index contributed by atoms with van der Waals surface area (Å²) in [5.74, 6) is -1.21. The Morgan fingerprint density at radius 3 is 2.78 bits per heavy atom. The van der Waals surface area contributed by atoms with Crippen LogP contribution >= 0.6 is 15.9 Å². The van der Waals surface area contributed by atoms with Crippen molar-refractivity contribution in [3.63, 3.8) is 0 Å². The van der Waals surface area contributed by atoms with E-state index < -0.39 is 11.8 Å². The summed E-state index contributed by atoms with van der Waals surface area (Å²) in [6.45, 7) is 1.57. The Hall–Kier alpha value is -1.82. The Labute approximate surface area is 111 Å². The van der Waals surface area contributed by atoms with Gasteiger partial charge in [0.2, 0.25) is 0 Å². The number of hydrogen-bond acceptors (Lipinski definition) is 3. The van der Waals surface area contributed by atoms with Crippen molar-refractivity contribution < 1.29 is 14.3 Å². The van der Waals surface area contributed by atoms with E-state index in [2.05, 4.69) is 25.9 Å². The molecule has 2 aromatic rings.